The summed E-state index contributed by atoms with van der Waals surface area (Å²) in [6, 6.07) is -0.820. The molecule has 0 fully saturated rings. The van der Waals surface area contributed by atoms with E-state index in [-0.39, 0.29) is 18.2 Å². The summed E-state index contributed by atoms with van der Waals surface area (Å²) in [4.78, 5) is 35.9. The molecule has 0 unspecified atom stereocenters. The third kappa shape index (κ3) is 6.54. The normalized spacial score (nSPS) is 15.5. The molecule has 0 aromatic rings. The molecule has 134 valence electrons. The maximum atomic E-state index is 12.5. The van der Waals surface area contributed by atoms with E-state index < -0.39 is 35.3 Å². The Morgan fingerprint density at radius 3 is 1.91 bits per heavy atom. The van der Waals surface area contributed by atoms with Crippen molar-refractivity contribution in [3.8, 4) is 0 Å². The van der Waals surface area contributed by atoms with Gasteiger partial charge in [-0.15, -0.1) is 0 Å². The van der Waals surface area contributed by atoms with Crippen LogP contribution in [0.25, 0.3) is 0 Å². The number of carbonyl (C=O) groups is 3. The quantitative estimate of drug-likeness (QED) is 0.326. The van der Waals surface area contributed by atoms with Gasteiger partial charge in [-0.3, -0.25) is 19.6 Å². The van der Waals surface area contributed by atoms with Crippen LogP contribution in [-0.2, 0) is 14.4 Å². The third-order valence-corrected chi connectivity index (χ3v) is 3.48. The van der Waals surface area contributed by atoms with E-state index in [1.54, 1.807) is 20.8 Å². The molecular formula is C15H29N3O5. The maximum absolute atomic E-state index is 12.5. The number of likely N-dealkylation sites (N-methyl/N-ethyl adjacent to an activating group) is 1. The molecule has 0 aromatic heterocycles. The minimum absolute atomic E-state index is 0.0278. The van der Waals surface area contributed by atoms with Gasteiger partial charge in [0.05, 0.1) is 5.92 Å². The van der Waals surface area contributed by atoms with Crippen molar-refractivity contribution in [2.75, 3.05) is 7.05 Å². The maximum Gasteiger partial charge on any atom is 0.272 e. The Bertz CT molecular complexity index is 431. The predicted octanol–water partition coefficient (Wildman–Crippen LogP) is -0.208. The number of aliphatic hydroxyl groups is 1. The lowest BCUT2D eigenvalue weighted by molar-refractivity contribution is -0.147. The van der Waals surface area contributed by atoms with E-state index in [2.05, 4.69) is 10.6 Å². The van der Waals surface area contributed by atoms with Gasteiger partial charge in [-0.05, 0) is 17.8 Å². The first-order valence-corrected chi connectivity index (χ1v) is 7.59. The summed E-state index contributed by atoms with van der Waals surface area (Å²) in [5, 5.41) is 23.7. The second-order valence-corrected chi connectivity index (χ2v) is 7.08. The largest absolute Gasteiger partial charge is 0.382 e. The van der Waals surface area contributed by atoms with Gasteiger partial charge in [0.2, 0.25) is 11.8 Å². The number of hydrogen-bond donors (Lipinski definition) is 5. The number of rotatable bonds is 7. The van der Waals surface area contributed by atoms with E-state index in [0.717, 1.165) is 0 Å². The second kappa shape index (κ2) is 8.83. The Kier molecular flexibility index (Phi) is 8.19. The molecule has 3 amide bonds. The molecule has 0 heterocycles. The molecule has 0 saturated carbocycles. The minimum Gasteiger partial charge on any atom is -0.382 e. The standard InChI is InChI=1S/C15H29N3O5/c1-8(2)7-9(10(19)13(21)18-23)12(20)17-11(14(22)16-6)15(3,4)5/h8-11,19,23H,7H2,1-6H3,(H,16,22)(H,17,20)(H,18,21)/t9-,10+,11+/m0/s1. The molecule has 3 atom stereocenters. The van der Waals surface area contributed by atoms with Crippen LogP contribution in [0.4, 0.5) is 0 Å². The minimum atomic E-state index is -1.70. The number of carbonyl (C=O) groups excluding carboxylic acids is 3. The number of hydroxylamine groups is 1. The van der Waals surface area contributed by atoms with Crippen LogP contribution in [0.3, 0.4) is 0 Å². The fraction of sp³-hybridized carbons (Fsp3) is 0.800. The van der Waals surface area contributed by atoms with Crippen LogP contribution in [0, 0.1) is 17.3 Å². The number of aliphatic hydroxyl groups excluding tert-OH is 1. The van der Waals surface area contributed by atoms with Crippen molar-refractivity contribution >= 4 is 17.7 Å². The summed E-state index contributed by atoms with van der Waals surface area (Å²) in [6.45, 7) is 9.05. The summed E-state index contributed by atoms with van der Waals surface area (Å²) >= 11 is 0. The van der Waals surface area contributed by atoms with Gasteiger partial charge in [0, 0.05) is 7.05 Å². The Morgan fingerprint density at radius 1 is 1.04 bits per heavy atom. The Labute approximate surface area is 137 Å². The van der Waals surface area contributed by atoms with Crippen molar-refractivity contribution in [1.29, 1.82) is 0 Å². The molecule has 0 saturated heterocycles. The molecule has 0 bridgehead atoms. The molecule has 0 aliphatic rings. The van der Waals surface area contributed by atoms with Crippen molar-refractivity contribution in [3.05, 3.63) is 0 Å². The monoisotopic (exact) mass is 331 g/mol. The highest BCUT2D eigenvalue weighted by molar-refractivity contribution is 5.92. The molecule has 5 N–H and O–H groups in total. The van der Waals surface area contributed by atoms with Crippen LogP contribution in [0.2, 0.25) is 0 Å². The van der Waals surface area contributed by atoms with Crippen molar-refractivity contribution in [2.45, 2.75) is 53.2 Å². The Morgan fingerprint density at radius 2 is 1.57 bits per heavy atom. The lowest BCUT2D eigenvalue weighted by Gasteiger charge is -2.32. The van der Waals surface area contributed by atoms with Crippen molar-refractivity contribution in [2.24, 2.45) is 17.3 Å². The highest BCUT2D eigenvalue weighted by Crippen LogP contribution is 2.22. The molecule has 0 rings (SSSR count). The number of nitrogens with one attached hydrogen (secondary N) is 3. The Balaban J connectivity index is 5.35. The number of hydrogen-bond acceptors (Lipinski definition) is 5. The van der Waals surface area contributed by atoms with E-state index in [1.807, 2.05) is 13.8 Å². The van der Waals surface area contributed by atoms with E-state index in [1.165, 1.54) is 12.5 Å². The van der Waals surface area contributed by atoms with Crippen molar-refractivity contribution in [1.82, 2.24) is 16.1 Å². The SMILES string of the molecule is CNC(=O)[C@@H](NC(=O)[C@@H](CC(C)C)[C@@H](O)C(=O)NO)C(C)(C)C. The summed E-state index contributed by atoms with van der Waals surface area (Å²) in [5.41, 5.74) is 0.789. The van der Waals surface area contributed by atoms with Crippen LogP contribution >= 0.6 is 0 Å². The van der Waals surface area contributed by atoms with Gasteiger partial charge in [-0.2, -0.15) is 0 Å². The topological polar surface area (TPSA) is 128 Å². The molecule has 0 aromatic carbocycles. The molecule has 0 spiro atoms. The fourth-order valence-corrected chi connectivity index (χ4v) is 2.21. The van der Waals surface area contributed by atoms with Gasteiger partial charge < -0.3 is 15.7 Å². The molecule has 8 heteroatoms. The average molecular weight is 331 g/mol. The summed E-state index contributed by atoms with van der Waals surface area (Å²) in [7, 11) is 1.47. The zero-order chi connectivity index (χ0) is 18.4. The van der Waals surface area contributed by atoms with Gasteiger partial charge in [0.25, 0.3) is 5.91 Å². The van der Waals surface area contributed by atoms with Crippen LogP contribution in [0.1, 0.15) is 41.0 Å². The first-order chi connectivity index (χ1) is 10.4. The molecule has 0 aliphatic carbocycles. The Hall–Kier alpha value is -1.67. The van der Waals surface area contributed by atoms with Crippen LogP contribution in [-0.4, -0.2) is 47.2 Å². The molecule has 0 radical (unpaired) electrons. The predicted molar refractivity (Wildman–Crippen MR) is 84.3 cm³/mol. The average Bonchev–Trinajstić information content (AvgIpc) is 2.46. The van der Waals surface area contributed by atoms with Crippen molar-refractivity contribution < 1.29 is 24.7 Å². The molecule has 8 nitrogen and oxygen atoms in total. The fourth-order valence-electron chi connectivity index (χ4n) is 2.21. The first-order valence-electron chi connectivity index (χ1n) is 7.59. The third-order valence-electron chi connectivity index (χ3n) is 3.48. The lowest BCUT2D eigenvalue weighted by Crippen LogP contribution is -2.56. The zero-order valence-corrected chi connectivity index (χ0v) is 14.6. The summed E-state index contributed by atoms with van der Waals surface area (Å²) < 4.78 is 0. The van der Waals surface area contributed by atoms with Crippen molar-refractivity contribution in [3.63, 3.8) is 0 Å². The lowest BCUT2D eigenvalue weighted by atomic mass is 9.84. The second-order valence-electron chi connectivity index (χ2n) is 7.08. The zero-order valence-electron chi connectivity index (χ0n) is 14.6. The smallest absolute Gasteiger partial charge is 0.272 e. The summed E-state index contributed by atoms with van der Waals surface area (Å²) in [5.74, 6) is -3.08. The van der Waals surface area contributed by atoms with E-state index in [0.29, 0.717) is 0 Å². The van der Waals surface area contributed by atoms with E-state index in [9.17, 15) is 19.5 Å². The highest BCUT2D eigenvalue weighted by Gasteiger charge is 2.38. The molecule has 23 heavy (non-hydrogen) atoms. The van der Waals surface area contributed by atoms with Crippen LogP contribution in [0.5, 0.6) is 0 Å². The van der Waals surface area contributed by atoms with Gasteiger partial charge in [0.1, 0.15) is 12.1 Å². The van der Waals surface area contributed by atoms with Crippen LogP contribution < -0.4 is 16.1 Å². The highest BCUT2D eigenvalue weighted by atomic mass is 16.5. The van der Waals surface area contributed by atoms with Gasteiger partial charge in [0.15, 0.2) is 0 Å². The molecular weight excluding hydrogens is 302 g/mol. The number of amides is 3. The first kappa shape index (κ1) is 21.3. The molecule has 0 aliphatic heterocycles. The van der Waals surface area contributed by atoms with E-state index >= 15 is 0 Å². The van der Waals surface area contributed by atoms with Gasteiger partial charge >= 0.3 is 0 Å². The summed E-state index contributed by atoms with van der Waals surface area (Å²) in [6.07, 6.45) is -1.47. The van der Waals surface area contributed by atoms with Gasteiger partial charge in [-0.25, -0.2) is 5.48 Å². The van der Waals surface area contributed by atoms with Gasteiger partial charge in [-0.1, -0.05) is 34.6 Å². The van der Waals surface area contributed by atoms with Crippen LogP contribution in [0.15, 0.2) is 0 Å². The van der Waals surface area contributed by atoms with E-state index in [4.69, 9.17) is 5.21 Å².